The SMILES string of the molecule is CCNc1cc(/C(C)=C/S)ccc1Cl. The van der Waals surface area contributed by atoms with Gasteiger partial charge in [-0.25, -0.2) is 0 Å². The van der Waals surface area contributed by atoms with Crippen molar-refractivity contribution in [2.24, 2.45) is 0 Å². The molecule has 14 heavy (non-hydrogen) atoms. The number of anilines is 1. The summed E-state index contributed by atoms with van der Waals surface area (Å²) in [6.07, 6.45) is 0. The highest BCUT2D eigenvalue weighted by molar-refractivity contribution is 7.83. The summed E-state index contributed by atoms with van der Waals surface area (Å²) in [5.41, 5.74) is 3.24. The Morgan fingerprint density at radius 3 is 2.86 bits per heavy atom. The number of rotatable bonds is 3. The van der Waals surface area contributed by atoms with E-state index in [1.54, 1.807) is 5.41 Å². The number of hydrogen-bond donors (Lipinski definition) is 2. The van der Waals surface area contributed by atoms with Gasteiger partial charge in [0.2, 0.25) is 0 Å². The lowest BCUT2D eigenvalue weighted by molar-refractivity contribution is 1.21. The number of halogens is 1. The van der Waals surface area contributed by atoms with Gasteiger partial charge in [0.15, 0.2) is 0 Å². The fourth-order valence-electron chi connectivity index (χ4n) is 1.17. The second-order valence-corrected chi connectivity index (χ2v) is 3.70. The zero-order chi connectivity index (χ0) is 10.6. The van der Waals surface area contributed by atoms with Gasteiger partial charge >= 0.3 is 0 Å². The molecule has 1 rings (SSSR count). The van der Waals surface area contributed by atoms with Gasteiger partial charge in [-0.3, -0.25) is 0 Å². The van der Waals surface area contributed by atoms with Crippen molar-refractivity contribution in [2.75, 3.05) is 11.9 Å². The lowest BCUT2D eigenvalue weighted by Crippen LogP contribution is -1.97. The second-order valence-electron chi connectivity index (χ2n) is 3.04. The normalized spacial score (nSPS) is 11.6. The van der Waals surface area contributed by atoms with Crippen LogP contribution in [0, 0.1) is 0 Å². The van der Waals surface area contributed by atoms with E-state index in [-0.39, 0.29) is 0 Å². The second kappa shape index (κ2) is 5.32. The molecule has 3 heteroatoms. The van der Waals surface area contributed by atoms with Gasteiger partial charge in [-0.15, -0.1) is 0 Å². The van der Waals surface area contributed by atoms with Crippen molar-refractivity contribution in [1.29, 1.82) is 0 Å². The van der Waals surface area contributed by atoms with Gasteiger partial charge in [0.1, 0.15) is 0 Å². The van der Waals surface area contributed by atoms with E-state index in [1.807, 2.05) is 32.0 Å². The van der Waals surface area contributed by atoms with Crippen LogP contribution in [0.4, 0.5) is 5.69 Å². The van der Waals surface area contributed by atoms with E-state index >= 15 is 0 Å². The van der Waals surface area contributed by atoms with E-state index in [9.17, 15) is 0 Å². The smallest absolute Gasteiger partial charge is 0.0637 e. The van der Waals surface area contributed by atoms with Crippen LogP contribution in [0.2, 0.25) is 5.02 Å². The van der Waals surface area contributed by atoms with Crippen LogP contribution in [-0.4, -0.2) is 6.54 Å². The molecule has 0 radical (unpaired) electrons. The molecule has 0 heterocycles. The molecule has 0 unspecified atom stereocenters. The Morgan fingerprint density at radius 1 is 1.57 bits per heavy atom. The van der Waals surface area contributed by atoms with Gasteiger partial charge in [0, 0.05) is 6.54 Å². The Morgan fingerprint density at radius 2 is 2.29 bits per heavy atom. The predicted molar refractivity (Wildman–Crippen MR) is 68.3 cm³/mol. The lowest BCUT2D eigenvalue weighted by atomic mass is 10.1. The third-order valence-electron chi connectivity index (χ3n) is 1.98. The van der Waals surface area contributed by atoms with Gasteiger partial charge < -0.3 is 5.32 Å². The van der Waals surface area contributed by atoms with Crippen LogP contribution < -0.4 is 5.32 Å². The van der Waals surface area contributed by atoms with Gasteiger partial charge in [-0.2, -0.15) is 12.6 Å². The summed E-state index contributed by atoms with van der Waals surface area (Å²) in [6.45, 7) is 4.93. The minimum absolute atomic E-state index is 0.752. The van der Waals surface area contributed by atoms with Crippen molar-refractivity contribution in [3.05, 3.63) is 34.2 Å². The Hall–Kier alpha value is -0.600. The Balaban J connectivity index is 3.06. The van der Waals surface area contributed by atoms with E-state index in [0.717, 1.165) is 28.4 Å². The van der Waals surface area contributed by atoms with Gasteiger partial charge in [-0.1, -0.05) is 17.7 Å². The first-order valence-corrected chi connectivity index (χ1v) is 5.43. The first-order valence-electron chi connectivity index (χ1n) is 4.53. The monoisotopic (exact) mass is 227 g/mol. The van der Waals surface area contributed by atoms with Crippen molar-refractivity contribution < 1.29 is 0 Å². The molecular weight excluding hydrogens is 214 g/mol. The fourth-order valence-corrected chi connectivity index (χ4v) is 1.50. The highest BCUT2D eigenvalue weighted by atomic mass is 35.5. The minimum Gasteiger partial charge on any atom is -0.384 e. The maximum absolute atomic E-state index is 6.02. The number of nitrogens with one attached hydrogen (secondary N) is 1. The predicted octanol–water partition coefficient (Wildman–Crippen LogP) is 4.06. The summed E-state index contributed by atoms with van der Waals surface area (Å²) in [5.74, 6) is 0. The maximum Gasteiger partial charge on any atom is 0.0637 e. The minimum atomic E-state index is 0.752. The molecule has 0 aliphatic carbocycles. The van der Waals surface area contributed by atoms with Gasteiger partial charge in [-0.05, 0) is 42.5 Å². The molecule has 0 fully saturated rings. The molecular formula is C11H14ClNS. The zero-order valence-electron chi connectivity index (χ0n) is 8.34. The van der Waals surface area contributed by atoms with E-state index in [4.69, 9.17) is 11.6 Å². The number of hydrogen-bond acceptors (Lipinski definition) is 2. The van der Waals surface area contributed by atoms with Crippen molar-refractivity contribution in [3.8, 4) is 0 Å². The molecule has 1 N–H and O–H groups in total. The number of benzene rings is 1. The van der Waals surface area contributed by atoms with Crippen molar-refractivity contribution in [3.63, 3.8) is 0 Å². The van der Waals surface area contributed by atoms with E-state index in [1.165, 1.54) is 0 Å². The molecule has 1 nitrogen and oxygen atoms in total. The van der Waals surface area contributed by atoms with E-state index in [0.29, 0.717) is 0 Å². The van der Waals surface area contributed by atoms with Crippen molar-refractivity contribution >= 4 is 35.5 Å². The van der Waals surface area contributed by atoms with Crippen LogP contribution in [0.3, 0.4) is 0 Å². The van der Waals surface area contributed by atoms with E-state index < -0.39 is 0 Å². The first-order chi connectivity index (χ1) is 6.69. The molecule has 0 amide bonds. The van der Waals surface area contributed by atoms with Crippen LogP contribution in [0.15, 0.2) is 23.6 Å². The summed E-state index contributed by atoms with van der Waals surface area (Å²) < 4.78 is 0. The molecule has 76 valence electrons. The standard InChI is InChI=1S/C11H14ClNS/c1-3-13-11-6-9(8(2)7-14)4-5-10(11)12/h4-7,13-14H,3H2,1-2H3/b8-7+. The molecule has 1 aromatic rings. The number of thiol groups is 1. The van der Waals surface area contributed by atoms with Crippen molar-refractivity contribution in [2.45, 2.75) is 13.8 Å². The Bertz CT molecular complexity index is 347. The third-order valence-corrected chi connectivity index (χ3v) is 2.70. The quantitative estimate of drug-likeness (QED) is 0.743. The topological polar surface area (TPSA) is 12.0 Å². The fraction of sp³-hybridized carbons (Fsp3) is 0.273. The summed E-state index contributed by atoms with van der Waals surface area (Å²) >= 11 is 10.1. The Kier molecular flexibility index (Phi) is 4.36. The lowest BCUT2D eigenvalue weighted by Gasteiger charge is -2.08. The molecule has 0 atom stereocenters. The molecule has 0 spiro atoms. The van der Waals surface area contributed by atoms with Crippen LogP contribution in [0.5, 0.6) is 0 Å². The highest BCUT2D eigenvalue weighted by Crippen LogP contribution is 2.26. The molecule has 0 aliphatic rings. The number of allylic oxidation sites excluding steroid dienone is 1. The van der Waals surface area contributed by atoms with Gasteiger partial charge in [0.05, 0.1) is 10.7 Å². The molecule has 0 saturated heterocycles. The average molecular weight is 228 g/mol. The molecule has 0 saturated carbocycles. The van der Waals surface area contributed by atoms with Crippen molar-refractivity contribution in [1.82, 2.24) is 0 Å². The van der Waals surface area contributed by atoms with Crippen LogP contribution in [-0.2, 0) is 0 Å². The third kappa shape index (κ3) is 2.69. The highest BCUT2D eigenvalue weighted by Gasteiger charge is 2.01. The van der Waals surface area contributed by atoms with E-state index in [2.05, 4.69) is 17.9 Å². The Labute approximate surface area is 95.6 Å². The zero-order valence-corrected chi connectivity index (χ0v) is 9.99. The average Bonchev–Trinajstić information content (AvgIpc) is 2.20. The molecule has 0 aromatic heterocycles. The maximum atomic E-state index is 6.02. The summed E-state index contributed by atoms with van der Waals surface area (Å²) in [5, 5.41) is 5.75. The molecule has 1 aromatic carbocycles. The van der Waals surface area contributed by atoms with Crippen LogP contribution >= 0.6 is 24.2 Å². The summed E-state index contributed by atoms with van der Waals surface area (Å²) in [7, 11) is 0. The molecule has 0 aliphatic heterocycles. The van der Waals surface area contributed by atoms with Crippen LogP contribution in [0.1, 0.15) is 19.4 Å². The first kappa shape index (κ1) is 11.5. The largest absolute Gasteiger partial charge is 0.384 e. The molecule has 0 bridgehead atoms. The van der Waals surface area contributed by atoms with Crippen LogP contribution in [0.25, 0.3) is 5.57 Å². The summed E-state index contributed by atoms with van der Waals surface area (Å²) in [4.78, 5) is 0. The summed E-state index contributed by atoms with van der Waals surface area (Å²) in [6, 6.07) is 5.93. The van der Waals surface area contributed by atoms with Gasteiger partial charge in [0.25, 0.3) is 0 Å².